The summed E-state index contributed by atoms with van der Waals surface area (Å²) in [4.78, 5) is 7.54. The van der Waals surface area contributed by atoms with Gasteiger partial charge in [0, 0.05) is 19.6 Å². The molecule has 0 saturated carbocycles. The Hall–Kier alpha value is 0.540. The van der Waals surface area contributed by atoms with Gasteiger partial charge in [-0.2, -0.15) is 0 Å². The molecule has 0 radical (unpaired) electrons. The van der Waals surface area contributed by atoms with E-state index < -0.39 is 0 Å². The van der Waals surface area contributed by atoms with Gasteiger partial charge < -0.3 is 4.90 Å². The van der Waals surface area contributed by atoms with Crippen LogP contribution in [-0.4, -0.2) is 72.5 Å². The van der Waals surface area contributed by atoms with E-state index in [0.29, 0.717) is 11.0 Å². The van der Waals surface area contributed by atoms with Gasteiger partial charge >= 0.3 is 0 Å². The Bertz CT molecular complexity index is 278. The topological polar surface area (TPSA) is 21.8 Å². The van der Waals surface area contributed by atoms with E-state index in [1.165, 1.54) is 58.4 Å². The minimum Gasteiger partial charge on any atom is -0.302 e. The van der Waals surface area contributed by atoms with Crippen LogP contribution in [-0.2, 0) is 0 Å². The summed E-state index contributed by atoms with van der Waals surface area (Å²) >= 11 is 0. The van der Waals surface area contributed by atoms with Crippen LogP contribution in [0.15, 0.2) is 0 Å². The highest BCUT2D eigenvalue weighted by atomic mass is 33.1. The van der Waals surface area contributed by atoms with Crippen molar-refractivity contribution in [3.63, 3.8) is 0 Å². The molecule has 0 aromatic heterocycles. The zero-order chi connectivity index (χ0) is 14.4. The van der Waals surface area contributed by atoms with E-state index in [2.05, 4.69) is 41.0 Å². The summed E-state index contributed by atoms with van der Waals surface area (Å²) in [5.74, 6) is 0. The Balaban J connectivity index is 1.73. The maximum absolute atomic E-state index is 3.71. The molecule has 20 heavy (non-hydrogen) atoms. The fourth-order valence-corrected chi connectivity index (χ4v) is 5.74. The maximum Gasteiger partial charge on any atom is 0.120 e. The van der Waals surface area contributed by atoms with E-state index in [1.807, 2.05) is 21.6 Å². The summed E-state index contributed by atoms with van der Waals surface area (Å²) in [6.45, 7) is 8.53. The molecule has 0 aliphatic carbocycles. The van der Waals surface area contributed by atoms with Gasteiger partial charge in [0.25, 0.3) is 0 Å². The molecule has 118 valence electrons. The first-order valence-corrected chi connectivity index (χ1v) is 10.2. The highest BCUT2D eigenvalue weighted by Crippen LogP contribution is 2.38. The fraction of sp³-hybridized carbons (Fsp3) is 1.00. The van der Waals surface area contributed by atoms with Gasteiger partial charge in [0.1, 0.15) is 11.0 Å². The monoisotopic (exact) mass is 318 g/mol. The largest absolute Gasteiger partial charge is 0.302 e. The Morgan fingerprint density at radius 2 is 1.95 bits per heavy atom. The molecule has 0 bridgehead atoms. The lowest BCUT2D eigenvalue weighted by Gasteiger charge is -2.27. The maximum atomic E-state index is 3.71. The second kappa shape index (κ2) is 8.86. The molecular formula is C14H30N4S2. The number of hydrogen-bond donors (Lipinski definition) is 1. The van der Waals surface area contributed by atoms with Crippen LogP contribution in [0.5, 0.6) is 0 Å². The van der Waals surface area contributed by atoms with Gasteiger partial charge in [-0.3, -0.25) is 15.1 Å². The van der Waals surface area contributed by atoms with Crippen molar-refractivity contribution in [2.45, 2.75) is 43.6 Å². The predicted molar refractivity (Wildman–Crippen MR) is 91.7 cm³/mol. The van der Waals surface area contributed by atoms with E-state index in [4.69, 9.17) is 0 Å². The molecule has 2 rings (SSSR count). The van der Waals surface area contributed by atoms with Crippen molar-refractivity contribution in [1.29, 1.82) is 0 Å². The summed E-state index contributed by atoms with van der Waals surface area (Å²) in [5, 5.41) is 3.71. The van der Waals surface area contributed by atoms with Gasteiger partial charge in [-0.15, -0.1) is 0 Å². The third-order valence-electron chi connectivity index (χ3n) is 4.02. The normalized spacial score (nSPS) is 30.0. The van der Waals surface area contributed by atoms with Gasteiger partial charge in [-0.25, -0.2) is 0 Å². The van der Waals surface area contributed by atoms with E-state index in [1.54, 1.807) is 0 Å². The van der Waals surface area contributed by atoms with Crippen LogP contribution in [0.4, 0.5) is 0 Å². The van der Waals surface area contributed by atoms with Crippen LogP contribution in [0.2, 0.25) is 0 Å². The van der Waals surface area contributed by atoms with Crippen LogP contribution in [0.3, 0.4) is 0 Å². The summed E-state index contributed by atoms with van der Waals surface area (Å²) in [6.07, 6.45) is 5.38. The minimum atomic E-state index is 0.453. The Morgan fingerprint density at radius 1 is 1.10 bits per heavy atom. The molecule has 2 saturated heterocycles. The predicted octanol–water partition coefficient (Wildman–Crippen LogP) is 2.30. The van der Waals surface area contributed by atoms with E-state index in [0.717, 1.165) is 0 Å². The number of nitrogens with zero attached hydrogens (tertiary/aromatic N) is 3. The summed E-state index contributed by atoms with van der Waals surface area (Å²) in [5.41, 5.74) is 0.942. The molecule has 2 fully saturated rings. The van der Waals surface area contributed by atoms with E-state index in [-0.39, 0.29) is 0 Å². The first kappa shape index (κ1) is 16.9. The van der Waals surface area contributed by atoms with E-state index >= 15 is 0 Å². The van der Waals surface area contributed by atoms with Gasteiger partial charge in [-0.1, -0.05) is 41.4 Å². The van der Waals surface area contributed by atoms with Gasteiger partial charge in [0.2, 0.25) is 0 Å². The SMILES string of the molecule is CCCCCN1CCCN(C2NC(N(C)C)SS2)CC1. The first-order chi connectivity index (χ1) is 9.70. The van der Waals surface area contributed by atoms with E-state index in [9.17, 15) is 0 Å². The number of unbranched alkanes of at least 4 members (excludes halogenated alkanes) is 2. The molecule has 0 aromatic rings. The third-order valence-corrected chi connectivity index (χ3v) is 6.92. The molecule has 2 unspecified atom stereocenters. The summed E-state index contributed by atoms with van der Waals surface area (Å²) in [6, 6.07) is 0. The van der Waals surface area contributed by atoms with Gasteiger partial charge in [0.15, 0.2) is 0 Å². The van der Waals surface area contributed by atoms with Crippen LogP contribution in [0, 0.1) is 0 Å². The second-order valence-corrected chi connectivity index (χ2v) is 8.40. The zero-order valence-electron chi connectivity index (χ0n) is 13.2. The Morgan fingerprint density at radius 3 is 2.65 bits per heavy atom. The van der Waals surface area contributed by atoms with Crippen molar-refractivity contribution in [3.8, 4) is 0 Å². The van der Waals surface area contributed by atoms with Crippen LogP contribution in [0.1, 0.15) is 32.6 Å². The third kappa shape index (κ3) is 5.07. The van der Waals surface area contributed by atoms with Crippen LogP contribution < -0.4 is 5.32 Å². The molecule has 0 amide bonds. The molecule has 2 atom stereocenters. The molecule has 0 aromatic carbocycles. The molecule has 4 nitrogen and oxygen atoms in total. The van der Waals surface area contributed by atoms with Crippen molar-refractivity contribution in [2.75, 3.05) is 46.8 Å². The van der Waals surface area contributed by atoms with Crippen molar-refractivity contribution in [2.24, 2.45) is 0 Å². The standard InChI is InChI=1S/C14H30N4S2/c1-4-5-6-8-17-9-7-10-18(12-11-17)14-15-13(16(2)3)19-20-14/h13-15H,4-12H2,1-3H3. The van der Waals surface area contributed by atoms with Crippen LogP contribution in [0.25, 0.3) is 0 Å². The van der Waals surface area contributed by atoms with Crippen molar-refractivity contribution in [1.82, 2.24) is 20.0 Å². The number of nitrogens with one attached hydrogen (secondary N) is 1. The average Bonchev–Trinajstić information content (AvgIpc) is 2.81. The quantitative estimate of drug-likeness (QED) is 0.595. The zero-order valence-corrected chi connectivity index (χ0v) is 14.8. The number of rotatable bonds is 6. The Kier molecular flexibility index (Phi) is 7.48. The van der Waals surface area contributed by atoms with Gasteiger partial charge in [0.05, 0.1) is 0 Å². The van der Waals surface area contributed by atoms with Crippen molar-refractivity contribution < 1.29 is 0 Å². The lowest BCUT2D eigenvalue weighted by molar-refractivity contribution is 0.202. The first-order valence-electron chi connectivity index (χ1n) is 7.91. The highest BCUT2D eigenvalue weighted by molar-refractivity contribution is 8.77. The molecule has 6 heteroatoms. The van der Waals surface area contributed by atoms with Crippen LogP contribution >= 0.6 is 21.6 Å². The highest BCUT2D eigenvalue weighted by Gasteiger charge is 2.31. The minimum absolute atomic E-state index is 0.453. The lowest BCUT2D eigenvalue weighted by Crippen LogP contribution is -2.47. The molecule has 2 aliphatic heterocycles. The lowest BCUT2D eigenvalue weighted by atomic mass is 10.2. The Labute approximate surface area is 132 Å². The van der Waals surface area contributed by atoms with Crippen molar-refractivity contribution >= 4 is 21.6 Å². The number of hydrogen-bond acceptors (Lipinski definition) is 6. The second-order valence-electron chi connectivity index (χ2n) is 5.97. The molecule has 2 aliphatic rings. The van der Waals surface area contributed by atoms with Crippen molar-refractivity contribution in [3.05, 3.63) is 0 Å². The van der Waals surface area contributed by atoms with Gasteiger partial charge in [-0.05, 0) is 40.0 Å². The molecule has 0 spiro atoms. The molecule has 1 N–H and O–H groups in total. The summed E-state index contributed by atoms with van der Waals surface area (Å²) in [7, 11) is 8.23. The molecule has 2 heterocycles. The summed E-state index contributed by atoms with van der Waals surface area (Å²) < 4.78 is 0. The molecular weight excluding hydrogens is 288 g/mol. The fourth-order valence-electron chi connectivity index (χ4n) is 2.72. The smallest absolute Gasteiger partial charge is 0.120 e. The average molecular weight is 319 g/mol.